The number of hydrogen-bond donors (Lipinski definition) is 2. The fourth-order valence-electron chi connectivity index (χ4n) is 2.72. The number of guanidine groups is 1. The molecule has 6 nitrogen and oxygen atoms in total. The smallest absolute Gasteiger partial charge is 0.193 e. The van der Waals surface area contributed by atoms with Crippen LogP contribution >= 0.6 is 24.0 Å². The summed E-state index contributed by atoms with van der Waals surface area (Å²) in [6.45, 7) is 8.53. The zero-order valence-electron chi connectivity index (χ0n) is 17.2. The van der Waals surface area contributed by atoms with E-state index in [-0.39, 0.29) is 29.6 Å². The van der Waals surface area contributed by atoms with Crippen molar-refractivity contribution in [1.82, 2.24) is 0 Å². The average Bonchev–Trinajstić information content (AvgIpc) is 2.89. The largest absolute Gasteiger partial charge is 0.490 e. The Balaban J connectivity index is 0.00000300. The van der Waals surface area contributed by atoms with Gasteiger partial charge in [0.15, 0.2) is 17.5 Å². The highest BCUT2D eigenvalue weighted by molar-refractivity contribution is 14.0. The van der Waals surface area contributed by atoms with Crippen molar-refractivity contribution in [3.05, 3.63) is 53.6 Å². The first-order valence-corrected chi connectivity index (χ1v) is 9.57. The summed E-state index contributed by atoms with van der Waals surface area (Å²) in [4.78, 5) is 4.44. The van der Waals surface area contributed by atoms with Crippen LogP contribution in [0.4, 0.5) is 5.69 Å². The van der Waals surface area contributed by atoms with Crippen LogP contribution in [0.25, 0.3) is 0 Å². The lowest BCUT2D eigenvalue weighted by molar-refractivity contribution is -0.0149. The van der Waals surface area contributed by atoms with Gasteiger partial charge in [-0.05, 0) is 44.0 Å². The summed E-state index contributed by atoms with van der Waals surface area (Å²) in [6.07, 6.45) is 0.876. The van der Waals surface area contributed by atoms with Gasteiger partial charge in [0.1, 0.15) is 0 Å². The van der Waals surface area contributed by atoms with Gasteiger partial charge in [0.2, 0.25) is 0 Å². The summed E-state index contributed by atoms with van der Waals surface area (Å²) >= 11 is 0. The van der Waals surface area contributed by atoms with Gasteiger partial charge < -0.3 is 25.3 Å². The predicted octanol–water partition coefficient (Wildman–Crippen LogP) is 4.71. The maximum Gasteiger partial charge on any atom is 0.193 e. The van der Waals surface area contributed by atoms with Gasteiger partial charge >= 0.3 is 0 Å². The molecule has 0 unspecified atom stereocenters. The predicted molar refractivity (Wildman–Crippen MR) is 127 cm³/mol. The van der Waals surface area contributed by atoms with E-state index in [1.54, 1.807) is 0 Å². The molecule has 2 aromatic carbocycles. The highest BCUT2D eigenvalue weighted by atomic mass is 127. The zero-order valence-corrected chi connectivity index (χ0v) is 19.6. The SMILES string of the molecule is CC(C)(C)OCc1cccc(CN=C(N)Nc2ccc3c(c2)OCCCO3)c1.I. The number of halogens is 1. The van der Waals surface area contributed by atoms with E-state index in [0.717, 1.165) is 34.7 Å². The molecule has 158 valence electrons. The Kier molecular flexibility index (Phi) is 8.58. The van der Waals surface area contributed by atoms with Crippen LogP contribution in [0.2, 0.25) is 0 Å². The van der Waals surface area contributed by atoms with Crippen molar-refractivity contribution < 1.29 is 14.2 Å². The van der Waals surface area contributed by atoms with Crippen molar-refractivity contribution in [2.24, 2.45) is 10.7 Å². The quantitative estimate of drug-likeness (QED) is 0.346. The zero-order chi connectivity index (χ0) is 20.0. The first kappa shape index (κ1) is 23.3. The molecular weight excluding hydrogens is 481 g/mol. The Bertz CT molecular complexity index is 834. The molecule has 3 N–H and O–H groups in total. The molecular formula is C22H30IN3O3. The van der Waals surface area contributed by atoms with Crippen molar-refractivity contribution >= 4 is 35.6 Å². The van der Waals surface area contributed by atoms with E-state index in [1.165, 1.54) is 0 Å². The normalized spacial score (nSPS) is 14.0. The maximum atomic E-state index is 6.06. The van der Waals surface area contributed by atoms with Crippen LogP contribution in [0.1, 0.15) is 38.3 Å². The average molecular weight is 511 g/mol. The molecule has 1 aliphatic heterocycles. The number of ether oxygens (including phenoxy) is 3. The van der Waals surface area contributed by atoms with Gasteiger partial charge in [-0.2, -0.15) is 0 Å². The molecule has 0 saturated heterocycles. The molecule has 0 aromatic heterocycles. The van der Waals surface area contributed by atoms with Gasteiger partial charge in [0, 0.05) is 18.2 Å². The Morgan fingerprint density at radius 1 is 1.07 bits per heavy atom. The van der Waals surface area contributed by atoms with Crippen molar-refractivity contribution in [3.63, 3.8) is 0 Å². The van der Waals surface area contributed by atoms with Gasteiger partial charge in [-0.15, -0.1) is 24.0 Å². The molecule has 7 heteroatoms. The van der Waals surface area contributed by atoms with Crippen molar-refractivity contribution in [3.8, 4) is 11.5 Å². The first-order chi connectivity index (χ1) is 13.4. The second-order valence-corrected chi connectivity index (χ2v) is 7.76. The minimum atomic E-state index is -0.162. The summed E-state index contributed by atoms with van der Waals surface area (Å²) in [5.41, 5.74) is 8.92. The van der Waals surface area contributed by atoms with E-state index in [1.807, 2.05) is 51.1 Å². The molecule has 0 aliphatic carbocycles. The topological polar surface area (TPSA) is 78.1 Å². The Morgan fingerprint density at radius 3 is 2.55 bits per heavy atom. The number of benzene rings is 2. The second kappa shape index (κ2) is 10.7. The minimum Gasteiger partial charge on any atom is -0.490 e. The van der Waals surface area contributed by atoms with Crippen LogP contribution in [0.5, 0.6) is 11.5 Å². The number of rotatable bonds is 5. The maximum absolute atomic E-state index is 6.06. The van der Waals surface area contributed by atoms with Gasteiger partial charge in [0.05, 0.1) is 32.0 Å². The van der Waals surface area contributed by atoms with E-state index in [9.17, 15) is 0 Å². The van der Waals surface area contributed by atoms with Crippen LogP contribution in [0.3, 0.4) is 0 Å². The highest BCUT2D eigenvalue weighted by Gasteiger charge is 2.11. The lowest BCUT2D eigenvalue weighted by Gasteiger charge is -2.19. The van der Waals surface area contributed by atoms with Crippen molar-refractivity contribution in [2.75, 3.05) is 18.5 Å². The lowest BCUT2D eigenvalue weighted by Crippen LogP contribution is -2.22. The third-order valence-electron chi connectivity index (χ3n) is 4.12. The number of nitrogens with one attached hydrogen (secondary N) is 1. The third kappa shape index (κ3) is 7.74. The molecule has 1 aliphatic rings. The summed E-state index contributed by atoms with van der Waals surface area (Å²) < 4.78 is 17.2. The molecule has 0 amide bonds. The van der Waals surface area contributed by atoms with E-state index in [4.69, 9.17) is 19.9 Å². The third-order valence-corrected chi connectivity index (χ3v) is 4.12. The summed E-state index contributed by atoms with van der Waals surface area (Å²) in [5, 5.41) is 3.11. The van der Waals surface area contributed by atoms with Crippen molar-refractivity contribution in [2.45, 2.75) is 45.9 Å². The Labute approximate surface area is 189 Å². The Morgan fingerprint density at radius 2 is 1.79 bits per heavy atom. The van der Waals surface area contributed by atoms with Crippen LogP contribution in [0, 0.1) is 0 Å². The molecule has 0 radical (unpaired) electrons. The Hall–Kier alpha value is -2.00. The fraction of sp³-hybridized carbons (Fsp3) is 0.409. The van der Waals surface area contributed by atoms with Gasteiger partial charge in [-0.25, -0.2) is 4.99 Å². The molecule has 29 heavy (non-hydrogen) atoms. The number of hydrogen-bond acceptors (Lipinski definition) is 4. The lowest BCUT2D eigenvalue weighted by atomic mass is 10.1. The number of nitrogens with two attached hydrogens (primary N) is 1. The summed E-state index contributed by atoms with van der Waals surface area (Å²) in [5.74, 6) is 1.83. The molecule has 3 rings (SSSR count). The van der Waals surface area contributed by atoms with Gasteiger partial charge in [0.25, 0.3) is 0 Å². The molecule has 1 heterocycles. The molecule has 0 atom stereocenters. The number of fused-ring (bicyclic) bond motifs is 1. The van der Waals surface area contributed by atoms with E-state index in [0.29, 0.717) is 32.3 Å². The fourth-order valence-corrected chi connectivity index (χ4v) is 2.72. The molecule has 2 aromatic rings. The summed E-state index contributed by atoms with van der Waals surface area (Å²) in [7, 11) is 0. The molecule has 0 fully saturated rings. The van der Waals surface area contributed by atoms with Crippen LogP contribution in [-0.4, -0.2) is 24.8 Å². The van der Waals surface area contributed by atoms with E-state index in [2.05, 4.69) is 22.4 Å². The minimum absolute atomic E-state index is 0. The van der Waals surface area contributed by atoms with Gasteiger partial charge in [-0.1, -0.05) is 24.3 Å². The van der Waals surface area contributed by atoms with Crippen LogP contribution in [-0.2, 0) is 17.9 Å². The van der Waals surface area contributed by atoms with Crippen LogP contribution < -0.4 is 20.5 Å². The summed E-state index contributed by atoms with van der Waals surface area (Å²) in [6, 6.07) is 13.9. The first-order valence-electron chi connectivity index (χ1n) is 9.57. The van der Waals surface area contributed by atoms with E-state index >= 15 is 0 Å². The van der Waals surface area contributed by atoms with Crippen LogP contribution in [0.15, 0.2) is 47.5 Å². The molecule has 0 spiro atoms. The van der Waals surface area contributed by atoms with Crippen molar-refractivity contribution in [1.29, 1.82) is 0 Å². The standard InChI is InChI=1S/C22H29N3O3.HI/c1-22(2,3)28-15-17-7-4-6-16(12-17)14-24-21(23)25-18-8-9-19-20(13-18)27-11-5-10-26-19;/h4,6-9,12-13H,5,10-11,14-15H2,1-3H3,(H3,23,24,25);1H. The second-order valence-electron chi connectivity index (χ2n) is 7.76. The highest BCUT2D eigenvalue weighted by Crippen LogP contribution is 2.32. The molecule has 0 bridgehead atoms. The monoisotopic (exact) mass is 511 g/mol. The molecule has 0 saturated carbocycles. The van der Waals surface area contributed by atoms with E-state index < -0.39 is 0 Å². The number of nitrogens with zero attached hydrogens (tertiary/aromatic N) is 1. The number of aliphatic imine (C=N–C) groups is 1. The van der Waals surface area contributed by atoms with Gasteiger partial charge in [-0.3, -0.25) is 0 Å². The number of anilines is 1.